The third-order valence-corrected chi connectivity index (χ3v) is 5.58. The number of rotatable bonds is 6. The highest BCUT2D eigenvalue weighted by Crippen LogP contribution is 2.40. The third-order valence-electron chi connectivity index (χ3n) is 5.58. The lowest BCUT2D eigenvalue weighted by Gasteiger charge is -2.13. The second kappa shape index (κ2) is 8.97. The van der Waals surface area contributed by atoms with Gasteiger partial charge in [0.2, 0.25) is 5.91 Å². The number of nitrogens with zero attached hydrogens (tertiary/aromatic N) is 3. The van der Waals surface area contributed by atoms with E-state index in [2.05, 4.69) is 26.8 Å². The summed E-state index contributed by atoms with van der Waals surface area (Å²) in [5.41, 5.74) is 6.56. The first kappa shape index (κ1) is 23.0. The molecule has 4 rings (SSSR count). The Hall–Kier alpha value is -4.20. The van der Waals surface area contributed by atoms with Crippen molar-refractivity contribution in [2.45, 2.75) is 33.8 Å². The molecular formula is C26H27N5O3. The molecule has 1 aromatic carbocycles. The van der Waals surface area contributed by atoms with Crippen LogP contribution >= 0.6 is 0 Å². The minimum absolute atomic E-state index is 0.245. The molecule has 0 aliphatic carbocycles. The van der Waals surface area contributed by atoms with E-state index in [4.69, 9.17) is 4.74 Å². The lowest BCUT2D eigenvalue weighted by atomic mass is 9.96. The number of aromatic nitrogens is 4. The fourth-order valence-corrected chi connectivity index (χ4v) is 3.91. The Morgan fingerprint density at radius 2 is 2.00 bits per heavy atom. The van der Waals surface area contributed by atoms with E-state index in [9.17, 15) is 9.59 Å². The molecule has 174 valence electrons. The van der Waals surface area contributed by atoms with Crippen LogP contribution in [0, 0.1) is 13.8 Å². The molecule has 1 amide bonds. The number of benzene rings is 1. The van der Waals surface area contributed by atoms with Crippen LogP contribution in [0.25, 0.3) is 33.5 Å². The number of H-pyrrole nitrogens is 1. The van der Waals surface area contributed by atoms with Gasteiger partial charge in [-0.05, 0) is 56.5 Å². The number of esters is 1. The van der Waals surface area contributed by atoms with E-state index in [-0.39, 0.29) is 12.0 Å². The van der Waals surface area contributed by atoms with Crippen LogP contribution in [0.4, 0.5) is 5.69 Å². The largest absolute Gasteiger partial charge is 0.459 e. The number of anilines is 1. The van der Waals surface area contributed by atoms with E-state index < -0.39 is 5.97 Å². The standard InChI is InChI=1S/C26H27N5O3/c1-7-21(32)29-19-10-17(9-8-15(19)4)23-22-16(5)18(26(33)34-14(2)3)11-27-25(22)30-24(23)20-12-31(6)13-28-20/h7-14H,1H2,2-6H3,(H,27,30)(H,29,32). The molecule has 3 aromatic heterocycles. The predicted octanol–water partition coefficient (Wildman–Crippen LogP) is 4.94. The van der Waals surface area contributed by atoms with E-state index in [1.54, 1.807) is 6.33 Å². The van der Waals surface area contributed by atoms with Crippen molar-refractivity contribution in [1.82, 2.24) is 19.5 Å². The Balaban J connectivity index is 2.00. The van der Waals surface area contributed by atoms with Gasteiger partial charge in [0.25, 0.3) is 0 Å². The third kappa shape index (κ3) is 4.22. The summed E-state index contributed by atoms with van der Waals surface area (Å²) in [4.78, 5) is 37.2. The number of carbonyl (C=O) groups excluding carboxylic acids is 2. The molecule has 0 aliphatic rings. The first-order chi connectivity index (χ1) is 16.2. The second-order valence-electron chi connectivity index (χ2n) is 8.50. The zero-order valence-corrected chi connectivity index (χ0v) is 19.9. The molecule has 2 N–H and O–H groups in total. The van der Waals surface area contributed by atoms with Crippen LogP contribution in [0.5, 0.6) is 0 Å². The van der Waals surface area contributed by atoms with Gasteiger partial charge in [-0.25, -0.2) is 14.8 Å². The van der Waals surface area contributed by atoms with Gasteiger partial charge in [0, 0.05) is 36.1 Å². The summed E-state index contributed by atoms with van der Waals surface area (Å²) in [6.07, 6.45) is 6.16. The average Bonchev–Trinajstić information content (AvgIpc) is 3.38. The van der Waals surface area contributed by atoms with Gasteiger partial charge in [-0.15, -0.1) is 0 Å². The Bertz CT molecular complexity index is 1430. The van der Waals surface area contributed by atoms with Gasteiger partial charge < -0.3 is 19.6 Å². The smallest absolute Gasteiger partial charge is 0.340 e. The Morgan fingerprint density at radius 3 is 2.65 bits per heavy atom. The molecule has 3 heterocycles. The first-order valence-corrected chi connectivity index (χ1v) is 10.9. The topological polar surface area (TPSA) is 102 Å². The summed E-state index contributed by atoms with van der Waals surface area (Å²) in [6.45, 7) is 11.0. The van der Waals surface area contributed by atoms with Crippen molar-refractivity contribution in [1.29, 1.82) is 0 Å². The van der Waals surface area contributed by atoms with E-state index in [0.29, 0.717) is 16.9 Å². The number of pyridine rings is 1. The molecule has 0 aliphatic heterocycles. The summed E-state index contributed by atoms with van der Waals surface area (Å²) >= 11 is 0. The Kier molecular flexibility index (Phi) is 6.06. The highest BCUT2D eigenvalue weighted by atomic mass is 16.5. The molecule has 0 spiro atoms. The molecule has 0 radical (unpaired) electrons. The summed E-state index contributed by atoms with van der Waals surface area (Å²) in [6, 6.07) is 5.82. The fraction of sp³-hybridized carbons (Fsp3) is 0.231. The van der Waals surface area contributed by atoms with Crippen LogP contribution in [0.15, 0.2) is 49.6 Å². The molecular weight excluding hydrogens is 430 g/mol. The number of amides is 1. The quantitative estimate of drug-likeness (QED) is 0.315. The van der Waals surface area contributed by atoms with Gasteiger partial charge in [-0.3, -0.25) is 4.79 Å². The van der Waals surface area contributed by atoms with Crippen molar-refractivity contribution in [2.75, 3.05) is 5.32 Å². The van der Waals surface area contributed by atoms with Crippen LogP contribution in [0.2, 0.25) is 0 Å². The Morgan fingerprint density at radius 1 is 1.24 bits per heavy atom. The summed E-state index contributed by atoms with van der Waals surface area (Å²) in [5, 5.41) is 3.66. The van der Waals surface area contributed by atoms with Gasteiger partial charge in [0.1, 0.15) is 11.3 Å². The number of ether oxygens (including phenoxy) is 1. The molecule has 8 nitrogen and oxygen atoms in total. The maximum absolute atomic E-state index is 12.8. The summed E-state index contributed by atoms with van der Waals surface area (Å²) < 4.78 is 7.30. The number of hydrogen-bond acceptors (Lipinski definition) is 5. The molecule has 0 saturated carbocycles. The number of aromatic amines is 1. The maximum atomic E-state index is 12.8. The van der Waals surface area contributed by atoms with Crippen LogP contribution in [0.1, 0.15) is 35.3 Å². The fourth-order valence-electron chi connectivity index (χ4n) is 3.91. The molecule has 0 bridgehead atoms. The average molecular weight is 458 g/mol. The van der Waals surface area contributed by atoms with Crippen molar-refractivity contribution < 1.29 is 14.3 Å². The first-order valence-electron chi connectivity index (χ1n) is 10.9. The molecule has 4 aromatic rings. The number of nitrogens with one attached hydrogen (secondary N) is 2. The molecule has 8 heteroatoms. The van der Waals surface area contributed by atoms with E-state index in [1.807, 2.05) is 63.7 Å². The number of aryl methyl sites for hydroxylation is 3. The molecule has 0 fully saturated rings. The number of hydrogen-bond donors (Lipinski definition) is 2. The van der Waals surface area contributed by atoms with E-state index >= 15 is 0 Å². The van der Waals surface area contributed by atoms with Crippen molar-refractivity contribution in [3.63, 3.8) is 0 Å². The van der Waals surface area contributed by atoms with Crippen molar-refractivity contribution in [3.05, 3.63) is 66.3 Å². The van der Waals surface area contributed by atoms with E-state index in [0.717, 1.165) is 39.0 Å². The minimum Gasteiger partial charge on any atom is -0.459 e. The summed E-state index contributed by atoms with van der Waals surface area (Å²) in [5.74, 6) is -0.711. The zero-order chi connectivity index (χ0) is 24.6. The maximum Gasteiger partial charge on any atom is 0.340 e. The zero-order valence-electron chi connectivity index (χ0n) is 19.9. The number of imidazole rings is 1. The monoisotopic (exact) mass is 457 g/mol. The Labute approximate surface area is 197 Å². The van der Waals surface area contributed by atoms with Crippen LogP contribution in [0.3, 0.4) is 0 Å². The highest BCUT2D eigenvalue weighted by molar-refractivity contribution is 6.08. The minimum atomic E-state index is -0.420. The van der Waals surface area contributed by atoms with E-state index in [1.165, 1.54) is 12.3 Å². The highest BCUT2D eigenvalue weighted by Gasteiger charge is 2.23. The van der Waals surface area contributed by atoms with Gasteiger partial charge in [0.15, 0.2) is 0 Å². The molecule has 0 unspecified atom stereocenters. The van der Waals surface area contributed by atoms with Gasteiger partial charge >= 0.3 is 5.97 Å². The normalized spacial score (nSPS) is 11.1. The van der Waals surface area contributed by atoms with Crippen molar-refractivity contribution in [3.8, 4) is 22.5 Å². The van der Waals surface area contributed by atoms with Crippen molar-refractivity contribution >= 4 is 28.6 Å². The SMILES string of the molecule is C=CC(=O)Nc1cc(-c2c(-c3cn(C)cn3)[nH]c3ncc(C(=O)OC(C)C)c(C)c23)ccc1C. The number of fused-ring (bicyclic) bond motifs is 1. The van der Waals surface area contributed by atoms with Crippen molar-refractivity contribution in [2.24, 2.45) is 7.05 Å². The van der Waals surface area contributed by atoms with Crippen LogP contribution in [-0.4, -0.2) is 37.5 Å². The van der Waals surface area contributed by atoms with Crippen LogP contribution in [-0.2, 0) is 16.6 Å². The number of carbonyl (C=O) groups is 2. The van der Waals surface area contributed by atoms with Crippen LogP contribution < -0.4 is 5.32 Å². The lowest BCUT2D eigenvalue weighted by molar-refractivity contribution is -0.111. The van der Waals surface area contributed by atoms with Gasteiger partial charge in [-0.2, -0.15) is 0 Å². The summed E-state index contributed by atoms with van der Waals surface area (Å²) in [7, 11) is 1.90. The van der Waals surface area contributed by atoms with Gasteiger partial charge in [-0.1, -0.05) is 18.7 Å². The lowest BCUT2D eigenvalue weighted by Crippen LogP contribution is -2.13. The predicted molar refractivity (Wildman–Crippen MR) is 133 cm³/mol. The van der Waals surface area contributed by atoms with Gasteiger partial charge in [0.05, 0.1) is 23.7 Å². The second-order valence-corrected chi connectivity index (χ2v) is 8.50. The molecule has 0 saturated heterocycles. The molecule has 34 heavy (non-hydrogen) atoms. The molecule has 0 atom stereocenters.